The Balaban J connectivity index is 0.000000250. The number of aromatic nitrogens is 6. The number of anilines is 6. The van der Waals surface area contributed by atoms with Crippen molar-refractivity contribution in [3.05, 3.63) is 59.2 Å². The maximum atomic E-state index is 12.4. The van der Waals surface area contributed by atoms with Crippen LogP contribution < -0.4 is 53.3 Å². The maximum absolute atomic E-state index is 12.4. The number of carbonyl (C=O) groups excluding carboxylic acids is 3. The first-order valence-electron chi connectivity index (χ1n) is 22.4. The van der Waals surface area contributed by atoms with Gasteiger partial charge in [0.15, 0.2) is 23.0 Å². The van der Waals surface area contributed by atoms with Crippen LogP contribution in [0.15, 0.2) is 36.4 Å². The number of ether oxygens (including phenoxy) is 3. The van der Waals surface area contributed by atoms with Gasteiger partial charge in [-0.05, 0) is 83.6 Å². The number of nitrogens with one attached hydrogen (secondary N) is 5. The van der Waals surface area contributed by atoms with E-state index in [1.54, 1.807) is 38.5 Å². The minimum absolute atomic E-state index is 0.00211. The molecular weight excluding hydrogens is 833 g/mol. The molecule has 4 aromatic rings. The quantitative estimate of drug-likeness (QED) is 0.0578. The fraction of sp³-hybridized carbons (Fsp3) is 0.533. The van der Waals surface area contributed by atoms with Crippen molar-refractivity contribution in [1.29, 1.82) is 0 Å². The summed E-state index contributed by atoms with van der Waals surface area (Å²) in [6, 6.07) is 10.6. The van der Waals surface area contributed by atoms with Gasteiger partial charge in [-0.3, -0.25) is 9.59 Å². The molecule has 2 fully saturated rings. The summed E-state index contributed by atoms with van der Waals surface area (Å²) < 4.78 is 16.2. The average Bonchev–Trinajstić information content (AvgIpc) is 3.25. The second kappa shape index (κ2) is 23.4. The van der Waals surface area contributed by atoms with Crippen LogP contribution in [-0.4, -0.2) is 92.3 Å². The van der Waals surface area contributed by atoms with Crippen molar-refractivity contribution in [2.24, 2.45) is 17.2 Å². The molecule has 0 aliphatic heterocycles. The van der Waals surface area contributed by atoms with Crippen molar-refractivity contribution in [3.63, 3.8) is 0 Å². The zero-order chi connectivity index (χ0) is 47.1. The van der Waals surface area contributed by atoms with Crippen molar-refractivity contribution in [2.45, 2.75) is 141 Å². The van der Waals surface area contributed by atoms with Crippen molar-refractivity contribution in [2.75, 3.05) is 35.5 Å². The molecule has 0 radical (unpaired) electrons. The first-order chi connectivity index (χ1) is 31.1. The number of carbonyl (C=O) groups is 3. The van der Waals surface area contributed by atoms with Gasteiger partial charge < -0.3 is 58.0 Å². The molecule has 352 valence electrons. The van der Waals surface area contributed by atoms with Crippen LogP contribution >= 0.6 is 0 Å². The normalized spacial score (nSPS) is 18.2. The predicted octanol–water partition coefficient (Wildman–Crippen LogP) is 6.28. The number of rotatable bonds is 17. The van der Waals surface area contributed by atoms with Gasteiger partial charge in [0.2, 0.25) is 0 Å². The van der Waals surface area contributed by atoms with Crippen LogP contribution in [0, 0.1) is 0 Å². The first-order valence-corrected chi connectivity index (χ1v) is 22.4. The van der Waals surface area contributed by atoms with E-state index in [2.05, 4.69) is 70.8 Å². The number of hydrogen-bond acceptors (Lipinski definition) is 17. The lowest BCUT2D eigenvalue weighted by atomic mass is 9.90. The number of amides is 3. The fourth-order valence-corrected chi connectivity index (χ4v) is 7.73. The molecule has 4 atom stereocenters. The molecule has 11 N–H and O–H groups in total. The summed E-state index contributed by atoms with van der Waals surface area (Å²) in [4.78, 5) is 45.5. The number of pyridine rings is 2. The van der Waals surface area contributed by atoms with Crippen molar-refractivity contribution >= 4 is 52.6 Å². The molecule has 20 nitrogen and oxygen atoms in total. The monoisotopic (exact) mass is 899 g/mol. The van der Waals surface area contributed by atoms with Crippen LogP contribution in [0.25, 0.3) is 0 Å². The Hall–Kier alpha value is -6.57. The van der Waals surface area contributed by atoms with E-state index in [9.17, 15) is 14.4 Å². The highest BCUT2D eigenvalue weighted by Crippen LogP contribution is 2.29. The van der Waals surface area contributed by atoms with Gasteiger partial charge in [-0.15, -0.1) is 20.4 Å². The highest BCUT2D eigenvalue weighted by Gasteiger charge is 2.29. The molecule has 6 rings (SSSR count). The highest BCUT2D eigenvalue weighted by atomic mass is 16.6. The minimum Gasteiger partial charge on any atom is -0.495 e. The highest BCUT2D eigenvalue weighted by molar-refractivity contribution is 5.98. The number of nitrogens with zero attached hydrogens (tertiary/aromatic N) is 6. The molecule has 0 unspecified atom stereocenters. The summed E-state index contributed by atoms with van der Waals surface area (Å²) in [6.07, 6.45) is 10.8. The number of aryl methyl sites for hydroxylation is 2. The summed E-state index contributed by atoms with van der Waals surface area (Å²) >= 11 is 0. The number of primary amides is 2. The lowest BCUT2D eigenvalue weighted by Gasteiger charge is -2.33. The Morgan fingerprint density at radius 1 is 0.646 bits per heavy atom. The molecule has 20 heteroatoms. The number of alkyl carbamates (subject to hydrolysis) is 1. The molecule has 65 heavy (non-hydrogen) atoms. The second-order valence-corrected chi connectivity index (χ2v) is 17.1. The Bertz CT molecular complexity index is 2240. The standard InChI is InChI=1S/C25H37N7O4.C20H29N7O2/c1-6-9-17-19(35-5)12-13-20(28-17)29-18-14-21(31-32-22(18)23(26)33)27-15-10-7-8-11-16(15)30-24(34)36-25(2,3)4;1-3-6-14-16(29-2)9-10-17(24-14)25-15-11-18(26-27-19(15)20(22)28)23-13-8-5-4-7-12(13)21/h12-16H,6-11H2,1-5H3,(H2,26,33)(H,30,34)(H2,27,28,29,31);9-13H,3-8,21H2,1-2H3,(H2,22,28)(H2,23,24,25,26)/t15-,16+;12-,13+/m10/s1. The van der Waals surface area contributed by atoms with Crippen LogP contribution in [0.4, 0.5) is 39.4 Å². The largest absolute Gasteiger partial charge is 0.495 e. The number of hydrogen-bond donors (Lipinski definition) is 8. The Morgan fingerprint density at radius 2 is 1.09 bits per heavy atom. The van der Waals surface area contributed by atoms with Crippen LogP contribution in [0.3, 0.4) is 0 Å². The van der Waals surface area contributed by atoms with Crippen LogP contribution in [0.5, 0.6) is 11.5 Å². The topological polar surface area (TPSA) is 294 Å². The third-order valence-corrected chi connectivity index (χ3v) is 10.8. The molecule has 4 heterocycles. The van der Waals surface area contributed by atoms with E-state index in [4.69, 9.17) is 31.4 Å². The van der Waals surface area contributed by atoms with Gasteiger partial charge in [-0.1, -0.05) is 52.4 Å². The summed E-state index contributed by atoms with van der Waals surface area (Å²) in [5.74, 6) is 2.16. The van der Waals surface area contributed by atoms with Gasteiger partial charge in [0.05, 0.1) is 43.0 Å². The zero-order valence-electron chi connectivity index (χ0n) is 38.6. The van der Waals surface area contributed by atoms with Gasteiger partial charge in [0.1, 0.15) is 28.7 Å². The summed E-state index contributed by atoms with van der Waals surface area (Å²) in [5.41, 5.74) is 19.2. The Kier molecular flexibility index (Phi) is 17.8. The van der Waals surface area contributed by atoms with E-state index in [0.717, 1.165) is 94.2 Å². The molecule has 2 aliphatic rings. The van der Waals surface area contributed by atoms with E-state index in [-0.39, 0.29) is 35.6 Å². The molecule has 2 saturated carbocycles. The number of methoxy groups -OCH3 is 2. The zero-order valence-corrected chi connectivity index (χ0v) is 38.6. The van der Waals surface area contributed by atoms with E-state index >= 15 is 0 Å². The summed E-state index contributed by atoms with van der Waals surface area (Å²) in [6.45, 7) is 9.63. The van der Waals surface area contributed by atoms with Gasteiger partial charge in [0, 0.05) is 30.3 Å². The van der Waals surface area contributed by atoms with Gasteiger partial charge in [-0.25, -0.2) is 14.8 Å². The minimum atomic E-state index is -0.707. The summed E-state index contributed by atoms with van der Waals surface area (Å²) in [7, 11) is 3.23. The molecule has 3 amide bonds. The molecule has 0 aromatic carbocycles. The molecule has 0 bridgehead atoms. The molecule has 4 aromatic heterocycles. The third-order valence-electron chi connectivity index (χ3n) is 10.8. The number of nitrogens with two attached hydrogens (primary N) is 3. The smallest absolute Gasteiger partial charge is 0.407 e. The van der Waals surface area contributed by atoms with E-state index < -0.39 is 23.5 Å². The van der Waals surface area contributed by atoms with E-state index in [1.165, 1.54) is 0 Å². The van der Waals surface area contributed by atoms with E-state index in [1.807, 2.05) is 32.9 Å². The SMILES string of the molecule is CCCc1nc(Nc2cc(N[C@@H]3CCCC[C@@H]3N)nnc2C(N)=O)ccc1OC.CCCc1nc(Nc2cc(N[C@@H]3CCCC[C@@H]3NC(=O)OC(C)(C)C)nnc2C(N)=O)ccc1OC. The van der Waals surface area contributed by atoms with Crippen LogP contribution in [0.2, 0.25) is 0 Å². The van der Waals surface area contributed by atoms with Gasteiger partial charge >= 0.3 is 6.09 Å². The van der Waals surface area contributed by atoms with E-state index in [0.29, 0.717) is 40.4 Å². The Morgan fingerprint density at radius 3 is 1.52 bits per heavy atom. The molecule has 0 saturated heterocycles. The third kappa shape index (κ3) is 14.5. The average molecular weight is 899 g/mol. The summed E-state index contributed by atoms with van der Waals surface area (Å²) in [5, 5.41) is 32.3. The van der Waals surface area contributed by atoms with Gasteiger partial charge in [0.25, 0.3) is 11.8 Å². The fourth-order valence-electron chi connectivity index (χ4n) is 7.73. The second-order valence-electron chi connectivity index (χ2n) is 17.1. The lowest BCUT2D eigenvalue weighted by Crippen LogP contribution is -2.49. The maximum Gasteiger partial charge on any atom is 0.407 e. The van der Waals surface area contributed by atoms with Crippen molar-refractivity contribution < 1.29 is 28.6 Å². The van der Waals surface area contributed by atoms with Crippen LogP contribution in [0.1, 0.15) is 131 Å². The van der Waals surface area contributed by atoms with Crippen molar-refractivity contribution in [1.82, 2.24) is 35.7 Å². The van der Waals surface area contributed by atoms with Crippen molar-refractivity contribution in [3.8, 4) is 11.5 Å². The molecular formula is C45H66N14O6. The predicted molar refractivity (Wildman–Crippen MR) is 250 cm³/mol. The van der Waals surface area contributed by atoms with Crippen LogP contribution in [-0.2, 0) is 17.6 Å². The Labute approximate surface area is 380 Å². The molecule has 2 aliphatic carbocycles. The lowest BCUT2D eigenvalue weighted by molar-refractivity contribution is 0.0488. The molecule has 0 spiro atoms. The van der Waals surface area contributed by atoms with Gasteiger partial charge in [-0.2, -0.15) is 0 Å². The first kappa shape index (κ1) is 49.4.